The second kappa shape index (κ2) is 3.77. The maximum Gasteiger partial charge on any atom is 1.00 e. The Balaban J connectivity index is 0.000000640. The summed E-state index contributed by atoms with van der Waals surface area (Å²) in [4.78, 5) is 0. The van der Waals surface area contributed by atoms with Crippen LogP contribution in [0.1, 0.15) is 11.1 Å². The Hall–Kier alpha value is -0.183. The molecule has 0 amide bonds. The van der Waals surface area contributed by atoms with Gasteiger partial charge in [-0.2, -0.15) is 35.4 Å². The van der Waals surface area contributed by atoms with Crippen LogP contribution in [0.2, 0.25) is 0 Å². The van der Waals surface area contributed by atoms with E-state index in [2.05, 4.69) is 25.1 Å². The maximum atomic E-state index is 3.10. The summed E-state index contributed by atoms with van der Waals surface area (Å²) in [6.07, 6.45) is 0. The van der Waals surface area contributed by atoms with Gasteiger partial charge in [0.25, 0.3) is 0 Å². The smallest absolute Gasteiger partial charge is 0.180 e. The molecule has 1 aromatic carbocycles. The number of hydrogen-bond donors (Lipinski definition) is 0. The van der Waals surface area contributed by atoms with Gasteiger partial charge in [0.1, 0.15) is 0 Å². The average Bonchev–Trinajstić information content (AvgIpc) is 1.77. The van der Waals surface area contributed by atoms with E-state index in [1.54, 1.807) is 0 Å². The Morgan fingerprint density at radius 2 is 1.89 bits per heavy atom. The molecule has 0 N–H and O–H groups in total. The van der Waals surface area contributed by atoms with E-state index >= 15 is 0 Å². The summed E-state index contributed by atoms with van der Waals surface area (Å²) in [6, 6.07) is 9.25. The van der Waals surface area contributed by atoms with Gasteiger partial charge in [0.05, 0.1) is 0 Å². The molecule has 0 atom stereocenters. The number of rotatable bonds is 0. The quantitative estimate of drug-likeness (QED) is 0.301. The van der Waals surface area contributed by atoms with Gasteiger partial charge in [0.15, 0.2) is 0 Å². The van der Waals surface area contributed by atoms with Gasteiger partial charge in [-0.3, -0.25) is 0 Å². The van der Waals surface area contributed by atoms with Gasteiger partial charge in [-0.25, -0.2) is 0 Å². The molecule has 0 aromatic heterocycles. The van der Waals surface area contributed by atoms with Crippen LogP contribution >= 0.6 is 0 Å². The molecule has 1 aromatic rings. The van der Waals surface area contributed by atoms with Gasteiger partial charge in [-0.05, 0) is 0 Å². The first-order valence-corrected chi connectivity index (χ1v) is 2.74. The third-order valence-electron chi connectivity index (χ3n) is 1.12. The third-order valence-corrected chi connectivity index (χ3v) is 1.12. The van der Waals surface area contributed by atoms with Crippen LogP contribution in [0.15, 0.2) is 18.2 Å². The molecular formula is C8H9Li. The zero-order valence-electron chi connectivity index (χ0n) is 6.23. The van der Waals surface area contributed by atoms with Gasteiger partial charge in [0.2, 0.25) is 0 Å². The van der Waals surface area contributed by atoms with Crippen molar-refractivity contribution in [3.63, 3.8) is 0 Å². The summed E-state index contributed by atoms with van der Waals surface area (Å²) >= 11 is 0. The van der Waals surface area contributed by atoms with Crippen molar-refractivity contribution in [3.8, 4) is 0 Å². The van der Waals surface area contributed by atoms with E-state index in [-0.39, 0.29) is 18.9 Å². The summed E-state index contributed by atoms with van der Waals surface area (Å²) in [5.41, 5.74) is 2.48. The van der Waals surface area contributed by atoms with E-state index in [9.17, 15) is 0 Å². The molecule has 0 radical (unpaired) electrons. The summed E-state index contributed by atoms with van der Waals surface area (Å²) in [7, 11) is 0. The van der Waals surface area contributed by atoms with Crippen molar-refractivity contribution < 1.29 is 18.9 Å². The minimum Gasteiger partial charge on any atom is -0.180 e. The van der Waals surface area contributed by atoms with Crippen molar-refractivity contribution in [1.82, 2.24) is 0 Å². The first kappa shape index (κ1) is 8.82. The van der Waals surface area contributed by atoms with Crippen LogP contribution in [0.3, 0.4) is 0 Å². The number of aryl methyl sites for hydroxylation is 2. The summed E-state index contributed by atoms with van der Waals surface area (Å²) in [6.45, 7) is 4.11. The fourth-order valence-electron chi connectivity index (χ4n) is 0.580. The van der Waals surface area contributed by atoms with E-state index in [4.69, 9.17) is 0 Å². The zero-order chi connectivity index (χ0) is 5.98. The summed E-state index contributed by atoms with van der Waals surface area (Å²) in [5, 5.41) is 0. The number of benzene rings is 1. The molecule has 1 heteroatoms. The van der Waals surface area contributed by atoms with Crippen molar-refractivity contribution in [2.75, 3.05) is 0 Å². The first-order valence-electron chi connectivity index (χ1n) is 2.74. The van der Waals surface area contributed by atoms with Crippen molar-refractivity contribution in [3.05, 3.63) is 35.4 Å². The first-order chi connectivity index (χ1) is 3.79. The Kier molecular flexibility index (Phi) is 3.69. The Morgan fingerprint density at radius 1 is 1.22 bits per heavy atom. The molecule has 9 heavy (non-hydrogen) atoms. The Morgan fingerprint density at radius 3 is 2.22 bits per heavy atom. The fraction of sp³-hybridized carbons (Fsp3) is 0.250. The maximum absolute atomic E-state index is 3.10. The number of hydrogen-bond acceptors (Lipinski definition) is 0. The monoisotopic (exact) mass is 112 g/mol. The topological polar surface area (TPSA) is 0 Å². The van der Waals surface area contributed by atoms with E-state index in [1.165, 1.54) is 11.1 Å². The van der Waals surface area contributed by atoms with Crippen LogP contribution in [0.25, 0.3) is 0 Å². The predicted molar refractivity (Wildman–Crippen MR) is 34.8 cm³/mol. The van der Waals surface area contributed by atoms with Crippen molar-refractivity contribution in [2.24, 2.45) is 0 Å². The normalized spacial score (nSPS) is 8.22. The van der Waals surface area contributed by atoms with Gasteiger partial charge in [-0.15, -0.1) is 0 Å². The standard InChI is InChI=1S/C8H9.Li/c1-7-3-5-8(2)6-4-7;/h3-5H,1-2H3;/q-1;+1. The van der Waals surface area contributed by atoms with E-state index in [1.807, 2.05) is 13.0 Å². The van der Waals surface area contributed by atoms with Gasteiger partial charge >= 0.3 is 18.9 Å². The molecule has 0 saturated carbocycles. The SMILES string of the molecule is Cc1[c-]cc(C)cc1.[Li+]. The second-order valence-electron chi connectivity index (χ2n) is 2.05. The average molecular weight is 112 g/mol. The second-order valence-corrected chi connectivity index (χ2v) is 2.05. The van der Waals surface area contributed by atoms with Crippen molar-refractivity contribution >= 4 is 0 Å². The van der Waals surface area contributed by atoms with Crippen LogP contribution in [0.5, 0.6) is 0 Å². The molecule has 42 valence electrons. The summed E-state index contributed by atoms with van der Waals surface area (Å²) in [5.74, 6) is 0. The molecule has 1 rings (SSSR count). The molecule has 0 spiro atoms. The van der Waals surface area contributed by atoms with Crippen molar-refractivity contribution in [2.45, 2.75) is 13.8 Å². The molecule has 0 nitrogen and oxygen atoms in total. The minimum absolute atomic E-state index is 0. The Labute approximate surface area is 68.5 Å². The largest absolute Gasteiger partial charge is 1.00 e. The Bertz CT molecular complexity index is 143. The molecule has 0 heterocycles. The van der Waals surface area contributed by atoms with Crippen LogP contribution in [0.4, 0.5) is 0 Å². The predicted octanol–water partition coefficient (Wildman–Crippen LogP) is -0.892. The van der Waals surface area contributed by atoms with Gasteiger partial charge in [-0.1, -0.05) is 13.8 Å². The molecular weight excluding hydrogens is 103 g/mol. The van der Waals surface area contributed by atoms with E-state index in [0.29, 0.717) is 0 Å². The van der Waals surface area contributed by atoms with Crippen molar-refractivity contribution in [1.29, 1.82) is 0 Å². The van der Waals surface area contributed by atoms with Crippen LogP contribution in [0, 0.1) is 19.9 Å². The van der Waals surface area contributed by atoms with Crippen LogP contribution in [-0.2, 0) is 0 Å². The molecule has 0 bridgehead atoms. The molecule has 0 aliphatic carbocycles. The fourth-order valence-corrected chi connectivity index (χ4v) is 0.580. The van der Waals surface area contributed by atoms with Gasteiger partial charge in [0, 0.05) is 0 Å². The van der Waals surface area contributed by atoms with E-state index < -0.39 is 0 Å². The summed E-state index contributed by atoms with van der Waals surface area (Å²) < 4.78 is 0. The van der Waals surface area contributed by atoms with Crippen LogP contribution in [-0.4, -0.2) is 0 Å². The van der Waals surface area contributed by atoms with E-state index in [0.717, 1.165) is 0 Å². The minimum atomic E-state index is 0. The molecule has 0 aliphatic rings. The van der Waals surface area contributed by atoms with Crippen LogP contribution < -0.4 is 18.9 Å². The zero-order valence-corrected chi connectivity index (χ0v) is 6.23. The third kappa shape index (κ3) is 2.74. The molecule has 0 aliphatic heterocycles. The molecule has 0 fully saturated rings. The molecule has 0 unspecified atom stereocenters. The van der Waals surface area contributed by atoms with Gasteiger partial charge < -0.3 is 0 Å². The molecule has 0 saturated heterocycles.